The maximum Gasteiger partial charge on any atom is 0.0485 e. The van der Waals surface area contributed by atoms with Gasteiger partial charge in [0.2, 0.25) is 0 Å². The summed E-state index contributed by atoms with van der Waals surface area (Å²) >= 11 is 0. The van der Waals surface area contributed by atoms with Crippen LogP contribution in [0.2, 0.25) is 0 Å². The van der Waals surface area contributed by atoms with E-state index in [-0.39, 0.29) is 0 Å². The van der Waals surface area contributed by atoms with Gasteiger partial charge >= 0.3 is 0 Å². The van der Waals surface area contributed by atoms with Crippen molar-refractivity contribution in [1.82, 2.24) is 0 Å². The number of hydrogen-bond donors (Lipinski definition) is 0. The highest BCUT2D eigenvalue weighted by atomic mass is 33.1. The van der Waals surface area contributed by atoms with Gasteiger partial charge in [0.05, 0.1) is 0 Å². The zero-order chi connectivity index (χ0) is 21.3. The molecule has 0 radical (unpaired) electrons. The van der Waals surface area contributed by atoms with Crippen LogP contribution in [-0.2, 0) is 33.1 Å². The summed E-state index contributed by atoms with van der Waals surface area (Å²) in [4.78, 5) is 0. The maximum atomic E-state index is 12.1. The lowest BCUT2D eigenvalue weighted by Crippen LogP contribution is -2.02. The second-order valence-electron chi connectivity index (χ2n) is 6.54. The third kappa shape index (κ3) is 13.5. The standard InChI is InChI=1S/C22H30O2S6/c23-29(19-21-9-3-1-4-10-21)17-15-27-25-13-7-8-14-26-28-16-18-30(24)20-22-11-5-2-6-12-22/h1-6,9-12H,7-8,13-20H2. The van der Waals surface area contributed by atoms with Crippen LogP contribution in [0.4, 0.5) is 0 Å². The molecule has 2 atom stereocenters. The summed E-state index contributed by atoms with van der Waals surface area (Å²) in [5.74, 6) is 7.09. The van der Waals surface area contributed by atoms with Crippen molar-refractivity contribution >= 4 is 64.8 Å². The topological polar surface area (TPSA) is 34.1 Å². The number of hydrogen-bond acceptors (Lipinski definition) is 6. The maximum absolute atomic E-state index is 12.1. The smallest absolute Gasteiger partial charge is 0.0485 e. The quantitative estimate of drug-likeness (QED) is 0.177. The Labute approximate surface area is 202 Å². The van der Waals surface area contributed by atoms with Crippen molar-refractivity contribution < 1.29 is 8.42 Å². The van der Waals surface area contributed by atoms with E-state index in [9.17, 15) is 8.42 Å². The van der Waals surface area contributed by atoms with E-state index < -0.39 is 21.6 Å². The van der Waals surface area contributed by atoms with Gasteiger partial charge in [0.25, 0.3) is 0 Å². The van der Waals surface area contributed by atoms with Crippen molar-refractivity contribution in [1.29, 1.82) is 0 Å². The van der Waals surface area contributed by atoms with Crippen LogP contribution in [0.15, 0.2) is 60.7 Å². The molecular formula is C22H30O2S6. The summed E-state index contributed by atoms with van der Waals surface area (Å²) in [5, 5.41) is 0. The monoisotopic (exact) mass is 518 g/mol. The fraction of sp³-hybridized carbons (Fsp3) is 0.455. The van der Waals surface area contributed by atoms with E-state index in [2.05, 4.69) is 0 Å². The Hall–Kier alpha value is 0.140. The number of unbranched alkanes of at least 4 members (excludes halogenated alkanes) is 1. The lowest BCUT2D eigenvalue weighted by Gasteiger charge is -2.04. The number of rotatable bonds is 17. The van der Waals surface area contributed by atoms with Crippen LogP contribution < -0.4 is 0 Å². The molecule has 2 aromatic carbocycles. The highest BCUT2D eigenvalue weighted by molar-refractivity contribution is 8.77. The lowest BCUT2D eigenvalue weighted by atomic mass is 10.2. The molecule has 30 heavy (non-hydrogen) atoms. The Morgan fingerprint density at radius 2 is 0.900 bits per heavy atom. The van der Waals surface area contributed by atoms with Crippen molar-refractivity contribution in [3.05, 3.63) is 71.8 Å². The molecular weight excluding hydrogens is 489 g/mol. The molecule has 0 aliphatic rings. The minimum Gasteiger partial charge on any atom is -0.259 e. The van der Waals surface area contributed by atoms with Crippen LogP contribution in [0.3, 0.4) is 0 Å². The molecule has 2 rings (SSSR count). The summed E-state index contributed by atoms with van der Waals surface area (Å²) < 4.78 is 24.1. The first-order valence-corrected chi connectivity index (χ1v) is 18.0. The van der Waals surface area contributed by atoms with Crippen LogP contribution in [0, 0.1) is 0 Å². The fourth-order valence-corrected chi connectivity index (χ4v) is 10.4. The Morgan fingerprint density at radius 1 is 0.533 bits per heavy atom. The fourth-order valence-electron chi connectivity index (χ4n) is 2.48. The zero-order valence-corrected chi connectivity index (χ0v) is 22.0. The van der Waals surface area contributed by atoms with Gasteiger partial charge in [-0.1, -0.05) is 104 Å². The van der Waals surface area contributed by atoms with E-state index in [0.29, 0.717) is 11.5 Å². The summed E-state index contributed by atoms with van der Waals surface area (Å²) in [5.41, 5.74) is 2.32. The molecule has 0 aliphatic heterocycles. The summed E-state index contributed by atoms with van der Waals surface area (Å²) in [6.07, 6.45) is 2.44. The van der Waals surface area contributed by atoms with E-state index in [1.807, 2.05) is 104 Å². The van der Waals surface area contributed by atoms with Crippen LogP contribution in [-0.4, -0.2) is 42.9 Å². The van der Waals surface area contributed by atoms with E-state index >= 15 is 0 Å². The van der Waals surface area contributed by atoms with Crippen LogP contribution in [0.25, 0.3) is 0 Å². The molecule has 8 heteroatoms. The molecule has 0 aromatic heterocycles. The van der Waals surface area contributed by atoms with Crippen molar-refractivity contribution in [2.24, 2.45) is 0 Å². The molecule has 0 saturated heterocycles. The van der Waals surface area contributed by atoms with Crippen LogP contribution in [0.1, 0.15) is 24.0 Å². The summed E-state index contributed by atoms with van der Waals surface area (Å²) in [6.45, 7) is 0. The highest BCUT2D eigenvalue weighted by Crippen LogP contribution is 2.26. The highest BCUT2D eigenvalue weighted by Gasteiger charge is 2.03. The van der Waals surface area contributed by atoms with Gasteiger partial charge in [-0.2, -0.15) is 0 Å². The number of benzene rings is 2. The van der Waals surface area contributed by atoms with E-state index in [1.54, 1.807) is 0 Å². The average Bonchev–Trinajstić information content (AvgIpc) is 2.76. The predicted octanol–water partition coefficient (Wildman–Crippen LogP) is 6.43. The van der Waals surface area contributed by atoms with Crippen molar-refractivity contribution in [2.45, 2.75) is 24.3 Å². The van der Waals surface area contributed by atoms with Gasteiger partial charge in [0, 0.05) is 67.6 Å². The molecule has 2 aromatic rings. The van der Waals surface area contributed by atoms with E-state index in [0.717, 1.165) is 45.6 Å². The second-order valence-corrected chi connectivity index (χ2v) is 15.1. The van der Waals surface area contributed by atoms with Gasteiger partial charge in [-0.3, -0.25) is 8.42 Å². The second kappa shape index (κ2) is 17.7. The van der Waals surface area contributed by atoms with E-state index in [4.69, 9.17) is 0 Å². The molecule has 166 valence electrons. The molecule has 0 aliphatic carbocycles. The molecule has 0 N–H and O–H groups in total. The third-order valence-electron chi connectivity index (χ3n) is 4.00. The largest absolute Gasteiger partial charge is 0.259 e. The van der Waals surface area contributed by atoms with Crippen molar-refractivity contribution in [2.75, 3.05) is 34.5 Å². The SMILES string of the molecule is O=S(CCSSCCCCSSCCS(=O)Cc1ccccc1)Cc1ccccc1. The van der Waals surface area contributed by atoms with Gasteiger partial charge in [0.15, 0.2) is 0 Å². The van der Waals surface area contributed by atoms with Crippen molar-refractivity contribution in [3.63, 3.8) is 0 Å². The molecule has 0 bridgehead atoms. The Morgan fingerprint density at radius 3 is 1.30 bits per heavy atom. The molecule has 2 unspecified atom stereocenters. The Kier molecular flexibility index (Phi) is 15.5. The molecule has 0 spiro atoms. The van der Waals surface area contributed by atoms with Gasteiger partial charge in [-0.25, -0.2) is 0 Å². The van der Waals surface area contributed by atoms with Gasteiger partial charge < -0.3 is 0 Å². The first kappa shape index (κ1) is 26.4. The summed E-state index contributed by atoms with van der Waals surface area (Å²) in [6, 6.07) is 20.2. The molecule has 0 fully saturated rings. The zero-order valence-electron chi connectivity index (χ0n) is 17.1. The predicted molar refractivity (Wildman–Crippen MR) is 145 cm³/mol. The minimum atomic E-state index is -0.762. The molecule has 0 heterocycles. The van der Waals surface area contributed by atoms with Crippen LogP contribution >= 0.6 is 43.2 Å². The Bertz CT molecular complexity index is 663. The van der Waals surface area contributed by atoms with Crippen LogP contribution in [0.5, 0.6) is 0 Å². The van der Waals surface area contributed by atoms with Crippen molar-refractivity contribution in [3.8, 4) is 0 Å². The Balaban J connectivity index is 1.33. The first-order valence-electron chi connectivity index (χ1n) is 10.0. The van der Waals surface area contributed by atoms with E-state index in [1.165, 1.54) is 12.8 Å². The summed E-state index contributed by atoms with van der Waals surface area (Å²) in [7, 11) is 5.97. The van der Waals surface area contributed by atoms with Gasteiger partial charge in [-0.05, 0) is 24.0 Å². The first-order chi connectivity index (χ1) is 14.7. The normalized spacial score (nSPS) is 13.2. The average molecular weight is 519 g/mol. The molecule has 0 saturated carbocycles. The third-order valence-corrected chi connectivity index (χ3v) is 12.1. The minimum absolute atomic E-state index is 0.667. The lowest BCUT2D eigenvalue weighted by molar-refractivity contribution is 0.682. The molecule has 0 amide bonds. The molecule has 2 nitrogen and oxygen atoms in total. The van der Waals surface area contributed by atoms with Gasteiger partial charge in [-0.15, -0.1) is 0 Å². The van der Waals surface area contributed by atoms with Gasteiger partial charge in [0.1, 0.15) is 0 Å².